The number of nitrogens with zero attached hydrogens (tertiary/aromatic N) is 1. The molecule has 1 aromatic carbocycles. The molecule has 2 rings (SSSR count). The summed E-state index contributed by atoms with van der Waals surface area (Å²) in [5, 5.41) is 3.75. The molecule has 2 atom stereocenters. The summed E-state index contributed by atoms with van der Waals surface area (Å²) in [5.74, 6) is 0.850. The van der Waals surface area contributed by atoms with Gasteiger partial charge in [0.1, 0.15) is 0 Å². The van der Waals surface area contributed by atoms with E-state index in [-0.39, 0.29) is 0 Å². The van der Waals surface area contributed by atoms with E-state index in [4.69, 9.17) is 0 Å². The Morgan fingerprint density at radius 2 is 1.90 bits per heavy atom. The highest BCUT2D eigenvalue weighted by Crippen LogP contribution is 2.35. The number of rotatable bonds is 5. The second-order valence-electron chi connectivity index (χ2n) is 7.29. The predicted octanol–water partition coefficient (Wildman–Crippen LogP) is 3.90. The zero-order valence-electron chi connectivity index (χ0n) is 14.5. The zero-order valence-corrected chi connectivity index (χ0v) is 14.5. The molecule has 0 saturated heterocycles. The van der Waals surface area contributed by atoms with Crippen LogP contribution in [0.2, 0.25) is 0 Å². The van der Waals surface area contributed by atoms with Crippen molar-refractivity contribution in [2.45, 2.75) is 58.5 Å². The number of likely N-dealkylation sites (N-methyl/N-ethyl adjacent to an activating group) is 1. The van der Waals surface area contributed by atoms with Crippen molar-refractivity contribution in [3.63, 3.8) is 0 Å². The summed E-state index contributed by atoms with van der Waals surface area (Å²) in [4.78, 5) is 2.46. The van der Waals surface area contributed by atoms with Crippen molar-refractivity contribution in [3.8, 4) is 0 Å². The molecule has 2 heteroatoms. The highest BCUT2D eigenvalue weighted by Gasteiger charge is 2.36. The van der Waals surface area contributed by atoms with Crippen molar-refractivity contribution >= 4 is 0 Å². The van der Waals surface area contributed by atoms with Crippen molar-refractivity contribution in [3.05, 3.63) is 34.9 Å². The Bertz CT molecular complexity index is 446. The van der Waals surface area contributed by atoms with Gasteiger partial charge in [0, 0.05) is 18.6 Å². The van der Waals surface area contributed by atoms with Crippen LogP contribution >= 0.6 is 0 Å². The van der Waals surface area contributed by atoms with Gasteiger partial charge in [-0.1, -0.05) is 38.0 Å². The Morgan fingerprint density at radius 1 is 1.24 bits per heavy atom. The maximum atomic E-state index is 3.75. The zero-order chi connectivity index (χ0) is 15.5. The highest BCUT2D eigenvalue weighted by molar-refractivity contribution is 5.33. The van der Waals surface area contributed by atoms with E-state index < -0.39 is 0 Å². The quantitative estimate of drug-likeness (QED) is 0.884. The summed E-state index contributed by atoms with van der Waals surface area (Å²) in [5.41, 5.74) is 4.61. The monoisotopic (exact) mass is 288 g/mol. The molecule has 1 aliphatic rings. The van der Waals surface area contributed by atoms with Crippen LogP contribution in [-0.4, -0.2) is 31.1 Å². The minimum atomic E-state index is 0.342. The van der Waals surface area contributed by atoms with Gasteiger partial charge in [-0.2, -0.15) is 0 Å². The van der Waals surface area contributed by atoms with Crippen molar-refractivity contribution < 1.29 is 0 Å². The van der Waals surface area contributed by atoms with Crippen LogP contribution in [0.1, 0.15) is 49.3 Å². The third kappa shape index (κ3) is 3.87. The smallest absolute Gasteiger partial charge is 0.0330 e. The summed E-state index contributed by atoms with van der Waals surface area (Å²) >= 11 is 0. The first-order valence-electron chi connectivity index (χ1n) is 8.38. The lowest BCUT2D eigenvalue weighted by Gasteiger charge is -2.45. The SMILES string of the molecule is Cc1cccc(C)c1CNCC1(N(C)C)CCCC(C)C1. The van der Waals surface area contributed by atoms with Crippen LogP contribution in [0.15, 0.2) is 18.2 Å². The largest absolute Gasteiger partial charge is 0.311 e. The Balaban J connectivity index is 2.00. The van der Waals surface area contributed by atoms with Gasteiger partial charge in [-0.05, 0) is 63.4 Å². The molecule has 118 valence electrons. The lowest BCUT2D eigenvalue weighted by atomic mass is 9.75. The van der Waals surface area contributed by atoms with Gasteiger partial charge in [0.15, 0.2) is 0 Å². The second kappa shape index (κ2) is 6.93. The number of aryl methyl sites for hydroxylation is 2. The van der Waals surface area contributed by atoms with E-state index in [1.165, 1.54) is 42.4 Å². The first-order valence-corrected chi connectivity index (χ1v) is 8.38. The van der Waals surface area contributed by atoms with Crippen molar-refractivity contribution in [2.24, 2.45) is 5.92 Å². The number of benzene rings is 1. The first-order chi connectivity index (χ1) is 9.94. The van der Waals surface area contributed by atoms with Gasteiger partial charge >= 0.3 is 0 Å². The number of nitrogens with one attached hydrogen (secondary N) is 1. The molecule has 1 aliphatic carbocycles. The van der Waals surface area contributed by atoms with Gasteiger partial charge < -0.3 is 10.2 Å². The van der Waals surface area contributed by atoms with Crippen LogP contribution in [0.3, 0.4) is 0 Å². The molecule has 21 heavy (non-hydrogen) atoms. The van der Waals surface area contributed by atoms with Crippen LogP contribution in [0.25, 0.3) is 0 Å². The summed E-state index contributed by atoms with van der Waals surface area (Å²) in [6, 6.07) is 6.58. The molecule has 0 amide bonds. The van der Waals surface area contributed by atoms with Crippen LogP contribution in [0.4, 0.5) is 0 Å². The normalized spacial score (nSPS) is 26.3. The lowest BCUT2D eigenvalue weighted by Crippen LogP contribution is -2.54. The van der Waals surface area contributed by atoms with Crippen molar-refractivity contribution in [1.29, 1.82) is 0 Å². The van der Waals surface area contributed by atoms with Crippen molar-refractivity contribution in [1.82, 2.24) is 10.2 Å². The molecule has 0 aromatic heterocycles. The molecule has 1 saturated carbocycles. The molecular formula is C19H32N2. The molecule has 0 heterocycles. The van der Waals surface area contributed by atoms with E-state index in [0.29, 0.717) is 5.54 Å². The average molecular weight is 288 g/mol. The molecule has 0 spiro atoms. The van der Waals surface area contributed by atoms with E-state index in [0.717, 1.165) is 19.0 Å². The summed E-state index contributed by atoms with van der Waals surface area (Å²) in [6.07, 6.45) is 5.40. The van der Waals surface area contributed by atoms with Gasteiger partial charge in [0.05, 0.1) is 0 Å². The molecule has 0 aliphatic heterocycles. The molecule has 1 fully saturated rings. The van der Waals surface area contributed by atoms with Gasteiger partial charge in [0.25, 0.3) is 0 Å². The Hall–Kier alpha value is -0.860. The minimum absolute atomic E-state index is 0.342. The third-order valence-corrected chi connectivity index (χ3v) is 5.42. The van der Waals surface area contributed by atoms with E-state index in [1.807, 2.05) is 0 Å². The van der Waals surface area contributed by atoms with Gasteiger partial charge in [-0.25, -0.2) is 0 Å². The first kappa shape index (κ1) is 16.5. The second-order valence-corrected chi connectivity index (χ2v) is 7.29. The fraction of sp³-hybridized carbons (Fsp3) is 0.684. The molecule has 1 aromatic rings. The predicted molar refractivity (Wildman–Crippen MR) is 91.7 cm³/mol. The van der Waals surface area contributed by atoms with Crippen LogP contribution in [0.5, 0.6) is 0 Å². The topological polar surface area (TPSA) is 15.3 Å². The van der Waals surface area contributed by atoms with E-state index >= 15 is 0 Å². The van der Waals surface area contributed by atoms with Crippen LogP contribution < -0.4 is 5.32 Å². The van der Waals surface area contributed by atoms with Crippen LogP contribution in [0, 0.1) is 19.8 Å². The van der Waals surface area contributed by atoms with Crippen LogP contribution in [-0.2, 0) is 6.54 Å². The Labute approximate surface area is 130 Å². The van der Waals surface area contributed by atoms with Gasteiger partial charge in [-0.15, -0.1) is 0 Å². The van der Waals surface area contributed by atoms with E-state index in [1.54, 1.807) is 0 Å². The fourth-order valence-corrected chi connectivity index (χ4v) is 3.91. The fourth-order valence-electron chi connectivity index (χ4n) is 3.91. The average Bonchev–Trinajstić information content (AvgIpc) is 2.42. The molecule has 2 nitrogen and oxygen atoms in total. The van der Waals surface area contributed by atoms with Gasteiger partial charge in [0.2, 0.25) is 0 Å². The number of hydrogen-bond donors (Lipinski definition) is 1. The van der Waals surface area contributed by atoms with Gasteiger partial charge in [-0.3, -0.25) is 0 Å². The maximum Gasteiger partial charge on any atom is 0.0330 e. The standard InChI is InChI=1S/C19H32N2/c1-15-8-7-11-19(12-15,21(4)5)14-20-13-18-16(2)9-6-10-17(18)3/h6,9-10,15,20H,7-8,11-14H2,1-5H3. The summed E-state index contributed by atoms with van der Waals surface area (Å²) in [7, 11) is 4.50. The molecule has 1 N–H and O–H groups in total. The number of hydrogen-bond acceptors (Lipinski definition) is 2. The van der Waals surface area contributed by atoms with Crippen molar-refractivity contribution in [2.75, 3.05) is 20.6 Å². The lowest BCUT2D eigenvalue weighted by molar-refractivity contribution is 0.0749. The van der Waals surface area contributed by atoms with E-state index in [2.05, 4.69) is 63.3 Å². The molecule has 0 bridgehead atoms. The summed E-state index contributed by atoms with van der Waals surface area (Å²) < 4.78 is 0. The molecular weight excluding hydrogens is 256 g/mol. The third-order valence-electron chi connectivity index (χ3n) is 5.42. The molecule has 0 radical (unpaired) electrons. The highest BCUT2D eigenvalue weighted by atomic mass is 15.2. The summed E-state index contributed by atoms with van der Waals surface area (Å²) in [6.45, 7) is 8.92. The maximum absolute atomic E-state index is 3.75. The Morgan fingerprint density at radius 3 is 2.48 bits per heavy atom. The Kier molecular flexibility index (Phi) is 5.45. The minimum Gasteiger partial charge on any atom is -0.311 e. The molecule has 2 unspecified atom stereocenters. The van der Waals surface area contributed by atoms with E-state index in [9.17, 15) is 0 Å².